The Balaban J connectivity index is 1.19. The summed E-state index contributed by atoms with van der Waals surface area (Å²) >= 11 is 0. The van der Waals surface area contributed by atoms with E-state index in [4.69, 9.17) is 9.47 Å². The van der Waals surface area contributed by atoms with Crippen molar-refractivity contribution in [1.29, 1.82) is 0 Å². The molecule has 0 aliphatic carbocycles. The number of hydrogen-bond acceptors (Lipinski definition) is 3. The first-order chi connectivity index (χ1) is 23.6. The first-order valence-corrected chi connectivity index (χ1v) is 17.2. The summed E-state index contributed by atoms with van der Waals surface area (Å²) in [6, 6.07) is 45.1. The maximum Gasteiger partial charge on any atom is 0.310 e. The fourth-order valence-electron chi connectivity index (χ4n) is 5.81. The third-order valence-electron chi connectivity index (χ3n) is 8.51. The molecular formula is C44H46O4. The van der Waals surface area contributed by atoms with E-state index in [1.807, 2.05) is 78.9 Å². The van der Waals surface area contributed by atoms with Crippen molar-refractivity contribution < 1.29 is 19.4 Å². The summed E-state index contributed by atoms with van der Waals surface area (Å²) < 4.78 is 12.4. The van der Waals surface area contributed by atoms with Crippen LogP contribution in [0.4, 0.5) is 0 Å². The molecule has 0 aliphatic rings. The minimum atomic E-state index is -0.793. The predicted octanol–water partition coefficient (Wildman–Crippen LogP) is 10.5. The first kappa shape index (κ1) is 34.3. The number of carbonyl (C=O) groups is 1. The highest BCUT2D eigenvalue weighted by Gasteiger charge is 2.19. The van der Waals surface area contributed by atoms with Crippen molar-refractivity contribution in [2.24, 2.45) is 0 Å². The van der Waals surface area contributed by atoms with Gasteiger partial charge in [-0.05, 0) is 96.9 Å². The molecular weight excluding hydrogens is 592 g/mol. The van der Waals surface area contributed by atoms with Crippen LogP contribution in [0.15, 0.2) is 133 Å². The molecule has 0 heterocycles. The Kier molecular flexibility index (Phi) is 13.5. The summed E-state index contributed by atoms with van der Waals surface area (Å²) in [7, 11) is 0. The van der Waals surface area contributed by atoms with E-state index in [9.17, 15) is 9.90 Å². The van der Waals surface area contributed by atoms with Crippen molar-refractivity contribution in [1.82, 2.24) is 0 Å². The summed E-state index contributed by atoms with van der Waals surface area (Å²) in [4.78, 5) is 12.1. The average molecular weight is 639 g/mol. The standard InChI is InChI=1S/C44H46O4/c45-44(46)43(29-26-37-18-8-3-9-19-37)40-27-24-38(25-28-40)22-23-39-32-41(47-30-12-10-20-35-14-4-1-5-15-35)34-42(33-39)48-31-13-11-21-36-16-6-2-7-17-36/h1-9,14-19,22-25,27-28,32-34,43H,10-13,20-21,26,29-31H2,(H,45,46)/b23-22+. The molecule has 0 bridgehead atoms. The monoisotopic (exact) mass is 638 g/mol. The van der Waals surface area contributed by atoms with Gasteiger partial charge in [0, 0.05) is 6.07 Å². The van der Waals surface area contributed by atoms with Crippen LogP contribution in [-0.4, -0.2) is 24.3 Å². The molecule has 4 nitrogen and oxygen atoms in total. The summed E-state index contributed by atoms with van der Waals surface area (Å²) in [6.07, 6.45) is 11.6. The van der Waals surface area contributed by atoms with Crippen LogP contribution in [0.5, 0.6) is 11.5 Å². The molecule has 1 atom stereocenters. The quantitative estimate of drug-likeness (QED) is 0.0722. The first-order valence-electron chi connectivity index (χ1n) is 17.2. The maximum atomic E-state index is 12.1. The second-order valence-corrected chi connectivity index (χ2v) is 12.2. The average Bonchev–Trinajstić information content (AvgIpc) is 3.12. The van der Waals surface area contributed by atoms with E-state index in [0.29, 0.717) is 19.6 Å². The van der Waals surface area contributed by atoms with Gasteiger partial charge in [0.1, 0.15) is 11.5 Å². The number of carboxylic acids is 1. The molecule has 0 amide bonds. The number of rotatable bonds is 19. The highest BCUT2D eigenvalue weighted by Crippen LogP contribution is 2.27. The van der Waals surface area contributed by atoms with Crippen LogP contribution in [0.2, 0.25) is 0 Å². The van der Waals surface area contributed by atoms with E-state index in [1.54, 1.807) is 0 Å². The van der Waals surface area contributed by atoms with Crippen LogP contribution >= 0.6 is 0 Å². The minimum absolute atomic E-state index is 0.544. The van der Waals surface area contributed by atoms with Crippen molar-refractivity contribution >= 4 is 18.1 Å². The van der Waals surface area contributed by atoms with Gasteiger partial charge < -0.3 is 14.6 Å². The summed E-state index contributed by atoms with van der Waals surface area (Å²) in [5.74, 6) is 0.263. The molecule has 0 aromatic heterocycles. The van der Waals surface area contributed by atoms with E-state index in [2.05, 4.69) is 66.7 Å². The lowest BCUT2D eigenvalue weighted by Crippen LogP contribution is -2.12. The van der Waals surface area contributed by atoms with Crippen LogP contribution in [-0.2, 0) is 24.1 Å². The lowest BCUT2D eigenvalue weighted by Gasteiger charge is -2.13. The fourth-order valence-corrected chi connectivity index (χ4v) is 5.81. The molecule has 48 heavy (non-hydrogen) atoms. The van der Waals surface area contributed by atoms with Gasteiger partial charge in [-0.3, -0.25) is 4.79 Å². The second-order valence-electron chi connectivity index (χ2n) is 12.2. The lowest BCUT2D eigenvalue weighted by molar-refractivity contribution is -0.138. The van der Waals surface area contributed by atoms with Gasteiger partial charge in [0.15, 0.2) is 0 Å². The van der Waals surface area contributed by atoms with Gasteiger partial charge >= 0.3 is 5.97 Å². The van der Waals surface area contributed by atoms with Gasteiger partial charge in [0.25, 0.3) is 0 Å². The Morgan fingerprint density at radius 2 is 1.00 bits per heavy atom. The highest BCUT2D eigenvalue weighted by atomic mass is 16.5. The zero-order valence-corrected chi connectivity index (χ0v) is 27.7. The number of hydrogen-bond donors (Lipinski definition) is 1. The van der Waals surface area contributed by atoms with Crippen molar-refractivity contribution in [2.75, 3.05) is 13.2 Å². The van der Waals surface area contributed by atoms with Crippen LogP contribution in [0.3, 0.4) is 0 Å². The van der Waals surface area contributed by atoms with Gasteiger partial charge in [-0.15, -0.1) is 0 Å². The largest absolute Gasteiger partial charge is 0.493 e. The normalized spacial score (nSPS) is 11.8. The van der Waals surface area contributed by atoms with Crippen molar-refractivity contribution in [3.05, 3.63) is 167 Å². The number of carboxylic acid groups (broad SMARTS) is 1. The molecule has 4 heteroatoms. The molecule has 0 radical (unpaired) electrons. The molecule has 0 aliphatic heterocycles. The number of ether oxygens (including phenoxy) is 2. The van der Waals surface area contributed by atoms with Gasteiger partial charge in [-0.25, -0.2) is 0 Å². The smallest absolute Gasteiger partial charge is 0.310 e. The zero-order valence-electron chi connectivity index (χ0n) is 27.7. The Hall–Kier alpha value is -5.09. The Morgan fingerprint density at radius 3 is 1.48 bits per heavy atom. The number of benzene rings is 5. The Bertz CT molecular complexity index is 1610. The molecule has 5 rings (SSSR count). The highest BCUT2D eigenvalue weighted by molar-refractivity contribution is 5.77. The fraction of sp³-hybridized carbons (Fsp3) is 0.250. The molecule has 0 fully saturated rings. The molecule has 0 saturated carbocycles. The SMILES string of the molecule is O=C(O)C(CCc1ccccc1)c1ccc(/C=C/c2cc(OCCCCc3ccccc3)cc(OCCCCc3ccccc3)c2)cc1. The molecule has 0 spiro atoms. The van der Waals surface area contributed by atoms with Crippen LogP contribution in [0, 0.1) is 0 Å². The zero-order chi connectivity index (χ0) is 33.2. The summed E-state index contributed by atoms with van der Waals surface area (Å²) in [5.41, 5.74) is 6.67. The topological polar surface area (TPSA) is 55.8 Å². The summed E-state index contributed by atoms with van der Waals surface area (Å²) in [6.45, 7) is 1.29. The number of aryl methyl sites for hydroxylation is 3. The van der Waals surface area contributed by atoms with Gasteiger partial charge in [-0.2, -0.15) is 0 Å². The maximum absolute atomic E-state index is 12.1. The summed E-state index contributed by atoms with van der Waals surface area (Å²) in [5, 5.41) is 9.93. The molecule has 1 N–H and O–H groups in total. The number of unbranched alkanes of at least 4 members (excludes halogenated alkanes) is 2. The van der Waals surface area contributed by atoms with Gasteiger partial charge in [-0.1, -0.05) is 127 Å². The second kappa shape index (κ2) is 18.9. The van der Waals surface area contributed by atoms with Crippen LogP contribution in [0.1, 0.15) is 71.4 Å². The predicted molar refractivity (Wildman–Crippen MR) is 197 cm³/mol. The van der Waals surface area contributed by atoms with E-state index in [0.717, 1.165) is 78.7 Å². The van der Waals surface area contributed by atoms with Gasteiger partial charge in [0.2, 0.25) is 0 Å². The Labute approximate surface area is 285 Å². The third kappa shape index (κ3) is 11.6. The van der Waals surface area contributed by atoms with E-state index in [1.165, 1.54) is 11.1 Å². The van der Waals surface area contributed by atoms with Gasteiger partial charge in [0.05, 0.1) is 19.1 Å². The van der Waals surface area contributed by atoms with E-state index >= 15 is 0 Å². The number of aliphatic carboxylic acids is 1. The van der Waals surface area contributed by atoms with Crippen LogP contribution in [0.25, 0.3) is 12.2 Å². The molecule has 0 saturated heterocycles. The minimum Gasteiger partial charge on any atom is -0.493 e. The van der Waals surface area contributed by atoms with Crippen molar-refractivity contribution in [3.8, 4) is 11.5 Å². The Morgan fingerprint density at radius 1 is 0.542 bits per heavy atom. The van der Waals surface area contributed by atoms with Crippen molar-refractivity contribution in [3.63, 3.8) is 0 Å². The molecule has 1 unspecified atom stereocenters. The van der Waals surface area contributed by atoms with E-state index < -0.39 is 11.9 Å². The van der Waals surface area contributed by atoms with E-state index in [-0.39, 0.29) is 0 Å². The van der Waals surface area contributed by atoms with Crippen LogP contribution < -0.4 is 9.47 Å². The molecule has 5 aromatic carbocycles. The third-order valence-corrected chi connectivity index (χ3v) is 8.51. The van der Waals surface area contributed by atoms with Crippen molar-refractivity contribution in [2.45, 2.75) is 57.3 Å². The lowest BCUT2D eigenvalue weighted by atomic mass is 9.92. The molecule has 5 aromatic rings. The molecule has 246 valence electrons.